The van der Waals surface area contributed by atoms with Gasteiger partial charge >= 0.3 is 0 Å². The molecule has 100 valence electrons. The molecule has 0 saturated heterocycles. The van der Waals surface area contributed by atoms with Crippen molar-refractivity contribution < 1.29 is 4.74 Å². The van der Waals surface area contributed by atoms with Gasteiger partial charge < -0.3 is 10.1 Å². The van der Waals surface area contributed by atoms with E-state index < -0.39 is 0 Å². The predicted molar refractivity (Wildman–Crippen MR) is 76.4 cm³/mol. The molecule has 0 heterocycles. The number of hydrogen-bond donors (Lipinski definition) is 1. The van der Waals surface area contributed by atoms with Crippen LogP contribution in [0, 0.1) is 5.92 Å². The first-order chi connectivity index (χ1) is 8.79. The quantitative estimate of drug-likeness (QED) is 0.844. The molecule has 2 nitrogen and oxygen atoms in total. The van der Waals surface area contributed by atoms with E-state index in [4.69, 9.17) is 16.3 Å². The summed E-state index contributed by atoms with van der Waals surface area (Å²) in [6.07, 6.45) is 5.14. The van der Waals surface area contributed by atoms with Gasteiger partial charge in [-0.05, 0) is 56.0 Å². The van der Waals surface area contributed by atoms with Gasteiger partial charge in [-0.15, -0.1) is 0 Å². The highest BCUT2D eigenvalue weighted by Gasteiger charge is 2.25. The monoisotopic (exact) mass is 267 g/mol. The Morgan fingerprint density at radius 1 is 1.28 bits per heavy atom. The van der Waals surface area contributed by atoms with Gasteiger partial charge in [0.15, 0.2) is 0 Å². The third-order valence-electron chi connectivity index (χ3n) is 3.70. The highest BCUT2D eigenvalue weighted by atomic mass is 35.5. The Kier molecular flexibility index (Phi) is 5.33. The second-order valence-electron chi connectivity index (χ2n) is 4.95. The van der Waals surface area contributed by atoms with Crippen molar-refractivity contribution in [2.75, 3.05) is 13.2 Å². The van der Waals surface area contributed by atoms with Crippen LogP contribution in [-0.4, -0.2) is 19.2 Å². The Bertz CT molecular complexity index is 352. The Morgan fingerprint density at radius 2 is 2.06 bits per heavy atom. The maximum atomic E-state index is 5.84. The largest absolute Gasteiger partial charge is 0.494 e. The van der Waals surface area contributed by atoms with E-state index in [9.17, 15) is 0 Å². The molecule has 1 fully saturated rings. The summed E-state index contributed by atoms with van der Waals surface area (Å²) in [6, 6.07) is 8.29. The highest BCUT2D eigenvalue weighted by molar-refractivity contribution is 6.30. The number of hydrogen-bond acceptors (Lipinski definition) is 2. The maximum Gasteiger partial charge on any atom is 0.119 e. The van der Waals surface area contributed by atoms with Gasteiger partial charge in [0, 0.05) is 11.1 Å². The van der Waals surface area contributed by atoms with Crippen molar-refractivity contribution in [3.63, 3.8) is 0 Å². The molecule has 0 radical (unpaired) electrons. The molecule has 1 aliphatic rings. The van der Waals surface area contributed by atoms with Crippen molar-refractivity contribution in [3.8, 4) is 5.75 Å². The summed E-state index contributed by atoms with van der Waals surface area (Å²) in [5.74, 6) is 1.69. The van der Waals surface area contributed by atoms with Crippen molar-refractivity contribution in [2.24, 2.45) is 5.92 Å². The van der Waals surface area contributed by atoms with Crippen LogP contribution in [0.3, 0.4) is 0 Å². The van der Waals surface area contributed by atoms with Gasteiger partial charge in [0.2, 0.25) is 0 Å². The van der Waals surface area contributed by atoms with Gasteiger partial charge in [0.25, 0.3) is 0 Å². The second kappa shape index (κ2) is 7.01. The molecular formula is C15H22ClNO. The van der Waals surface area contributed by atoms with Crippen LogP contribution in [-0.2, 0) is 0 Å². The van der Waals surface area contributed by atoms with Gasteiger partial charge in [-0.25, -0.2) is 0 Å². The lowest BCUT2D eigenvalue weighted by Crippen LogP contribution is -2.32. The summed E-state index contributed by atoms with van der Waals surface area (Å²) in [5.41, 5.74) is 0. The lowest BCUT2D eigenvalue weighted by Gasteiger charge is -2.20. The van der Waals surface area contributed by atoms with Crippen LogP contribution in [0.15, 0.2) is 24.3 Å². The van der Waals surface area contributed by atoms with E-state index in [1.165, 1.54) is 19.3 Å². The zero-order valence-electron chi connectivity index (χ0n) is 11.0. The predicted octanol–water partition coefficient (Wildman–Crippen LogP) is 3.89. The smallest absolute Gasteiger partial charge is 0.119 e. The van der Waals surface area contributed by atoms with Crippen LogP contribution in [0.4, 0.5) is 0 Å². The molecule has 2 rings (SSSR count). The highest BCUT2D eigenvalue weighted by Crippen LogP contribution is 2.28. The van der Waals surface area contributed by atoms with Gasteiger partial charge in [-0.3, -0.25) is 0 Å². The van der Waals surface area contributed by atoms with Crippen molar-refractivity contribution in [1.29, 1.82) is 0 Å². The Labute approximate surface area is 115 Å². The van der Waals surface area contributed by atoms with Crippen molar-refractivity contribution in [1.82, 2.24) is 5.32 Å². The molecule has 1 aromatic carbocycles. The molecular weight excluding hydrogens is 246 g/mol. The van der Waals surface area contributed by atoms with E-state index in [1.54, 1.807) is 0 Å². The molecule has 1 aliphatic carbocycles. The molecule has 1 aromatic rings. The molecule has 2 unspecified atom stereocenters. The van der Waals surface area contributed by atoms with Crippen LogP contribution in [0.25, 0.3) is 0 Å². The standard InChI is InChI=1S/C15H22ClNO/c1-2-17-15-5-3-4-12(15)10-11-18-14-8-6-13(16)7-9-14/h6-9,12,15,17H,2-5,10-11H2,1H3. The van der Waals surface area contributed by atoms with Gasteiger partial charge in [-0.2, -0.15) is 0 Å². The third kappa shape index (κ3) is 3.89. The summed E-state index contributed by atoms with van der Waals surface area (Å²) in [4.78, 5) is 0. The number of nitrogens with one attached hydrogen (secondary N) is 1. The molecule has 0 bridgehead atoms. The Hall–Kier alpha value is -0.730. The summed E-state index contributed by atoms with van der Waals surface area (Å²) in [7, 11) is 0. The average Bonchev–Trinajstić information content (AvgIpc) is 2.80. The van der Waals surface area contributed by atoms with Crippen molar-refractivity contribution in [2.45, 2.75) is 38.6 Å². The van der Waals surface area contributed by atoms with Crippen LogP contribution in [0.5, 0.6) is 5.75 Å². The zero-order valence-corrected chi connectivity index (χ0v) is 11.7. The van der Waals surface area contributed by atoms with Gasteiger partial charge in [0.1, 0.15) is 5.75 Å². The molecule has 0 amide bonds. The average molecular weight is 268 g/mol. The summed E-state index contributed by atoms with van der Waals surface area (Å²) in [6.45, 7) is 4.05. The normalized spacial score (nSPS) is 23.2. The molecule has 0 aliphatic heterocycles. The van der Waals surface area contributed by atoms with Gasteiger partial charge in [-0.1, -0.05) is 24.9 Å². The van der Waals surface area contributed by atoms with Crippen LogP contribution in [0.1, 0.15) is 32.6 Å². The van der Waals surface area contributed by atoms with E-state index in [-0.39, 0.29) is 0 Å². The molecule has 1 saturated carbocycles. The SMILES string of the molecule is CCNC1CCCC1CCOc1ccc(Cl)cc1. The zero-order chi connectivity index (χ0) is 12.8. The van der Waals surface area contributed by atoms with E-state index in [2.05, 4.69) is 12.2 Å². The van der Waals surface area contributed by atoms with Crippen molar-refractivity contribution >= 4 is 11.6 Å². The number of ether oxygens (including phenoxy) is 1. The third-order valence-corrected chi connectivity index (χ3v) is 3.95. The van der Waals surface area contributed by atoms with Crippen LogP contribution in [0.2, 0.25) is 5.02 Å². The van der Waals surface area contributed by atoms with Crippen LogP contribution < -0.4 is 10.1 Å². The Balaban J connectivity index is 1.73. The summed E-state index contributed by atoms with van der Waals surface area (Å²) in [5, 5.41) is 4.33. The Morgan fingerprint density at radius 3 is 2.78 bits per heavy atom. The van der Waals surface area contributed by atoms with Crippen molar-refractivity contribution in [3.05, 3.63) is 29.3 Å². The van der Waals surface area contributed by atoms with E-state index in [0.29, 0.717) is 6.04 Å². The molecule has 2 atom stereocenters. The number of benzene rings is 1. The lowest BCUT2D eigenvalue weighted by atomic mass is 10.00. The number of rotatable bonds is 6. The molecule has 18 heavy (non-hydrogen) atoms. The minimum absolute atomic E-state index is 0.698. The fraction of sp³-hybridized carbons (Fsp3) is 0.600. The summed E-state index contributed by atoms with van der Waals surface area (Å²) < 4.78 is 5.76. The molecule has 0 spiro atoms. The minimum Gasteiger partial charge on any atom is -0.494 e. The van der Waals surface area contributed by atoms with E-state index in [0.717, 1.165) is 36.3 Å². The topological polar surface area (TPSA) is 21.3 Å². The summed E-state index contributed by atoms with van der Waals surface area (Å²) >= 11 is 5.84. The van der Waals surface area contributed by atoms with E-state index >= 15 is 0 Å². The second-order valence-corrected chi connectivity index (χ2v) is 5.38. The number of halogens is 1. The first kappa shape index (κ1) is 13.7. The first-order valence-corrected chi connectivity index (χ1v) is 7.29. The van der Waals surface area contributed by atoms with E-state index in [1.807, 2.05) is 24.3 Å². The molecule has 0 aromatic heterocycles. The van der Waals surface area contributed by atoms with Gasteiger partial charge in [0.05, 0.1) is 6.61 Å². The molecule has 3 heteroatoms. The lowest BCUT2D eigenvalue weighted by molar-refractivity contribution is 0.261. The minimum atomic E-state index is 0.698. The fourth-order valence-electron chi connectivity index (χ4n) is 2.77. The first-order valence-electron chi connectivity index (χ1n) is 6.91. The molecule has 1 N–H and O–H groups in total. The van der Waals surface area contributed by atoms with Crippen LogP contribution >= 0.6 is 11.6 Å². The fourth-order valence-corrected chi connectivity index (χ4v) is 2.90. The maximum absolute atomic E-state index is 5.84.